The van der Waals surface area contributed by atoms with Gasteiger partial charge in [0.2, 0.25) is 12.7 Å². The minimum absolute atomic E-state index is 0.00892. The first-order chi connectivity index (χ1) is 18.1. The van der Waals surface area contributed by atoms with Crippen LogP contribution < -0.4 is 19.7 Å². The van der Waals surface area contributed by atoms with E-state index in [1.54, 1.807) is 24.3 Å². The second-order valence-corrected chi connectivity index (χ2v) is 10.2. The number of nitrogens with one attached hydrogen (secondary N) is 1. The fraction of sp³-hybridized carbons (Fsp3) is 0.464. The third kappa shape index (κ3) is 4.95. The Hall–Kier alpha value is -3.75. The quantitative estimate of drug-likeness (QED) is 0.672. The van der Waals surface area contributed by atoms with Crippen molar-refractivity contribution in [3.63, 3.8) is 0 Å². The van der Waals surface area contributed by atoms with Gasteiger partial charge in [-0.1, -0.05) is 0 Å². The third-order valence-electron chi connectivity index (χ3n) is 7.62. The van der Waals surface area contributed by atoms with Gasteiger partial charge in [-0.2, -0.15) is 0 Å². The molecule has 4 aliphatic rings. The van der Waals surface area contributed by atoms with E-state index in [2.05, 4.69) is 10.2 Å². The van der Waals surface area contributed by atoms with Crippen molar-refractivity contribution in [2.24, 2.45) is 5.92 Å². The van der Waals surface area contributed by atoms with Gasteiger partial charge in [-0.05, 0) is 68.5 Å². The summed E-state index contributed by atoms with van der Waals surface area (Å²) in [6.45, 7) is 4.33. The fourth-order valence-electron chi connectivity index (χ4n) is 5.33. The first kappa shape index (κ1) is 23.6. The molecule has 2 saturated heterocycles. The van der Waals surface area contributed by atoms with Crippen molar-refractivity contribution in [1.29, 1.82) is 0 Å². The maximum Gasteiger partial charge on any atom is 0.256 e. The van der Waals surface area contributed by atoms with E-state index >= 15 is 0 Å². The molecule has 3 fully saturated rings. The number of hydrogen-bond acceptors (Lipinski definition) is 6. The predicted octanol–water partition coefficient (Wildman–Crippen LogP) is 3.35. The number of ether oxygens (including phenoxy) is 2. The molecule has 0 radical (unpaired) electrons. The molecule has 3 amide bonds. The molecule has 0 atom stereocenters. The lowest BCUT2D eigenvalue weighted by Gasteiger charge is -2.37. The van der Waals surface area contributed by atoms with Crippen LogP contribution in [0.1, 0.15) is 52.8 Å². The second-order valence-electron chi connectivity index (χ2n) is 10.2. The summed E-state index contributed by atoms with van der Waals surface area (Å²) in [5, 5.41) is 2.94. The van der Waals surface area contributed by atoms with Gasteiger partial charge in [0.25, 0.3) is 11.8 Å². The summed E-state index contributed by atoms with van der Waals surface area (Å²) in [5.41, 5.74) is 2.46. The largest absolute Gasteiger partial charge is 0.454 e. The van der Waals surface area contributed by atoms with Gasteiger partial charge in [0.1, 0.15) is 0 Å². The standard InChI is InChI=1S/C28H32N4O5/c33-26(20-6-9-24-25(16-20)37-18-36-24)29-21-7-8-23(22(17-21)28(35)31-10-2-1-3-11-31)30-12-14-32(15-13-30)27(34)19-4-5-19/h6-9,16-17,19H,1-5,10-15,18H2,(H,29,33). The van der Waals surface area contributed by atoms with E-state index in [4.69, 9.17) is 9.47 Å². The highest BCUT2D eigenvalue weighted by Crippen LogP contribution is 2.34. The molecule has 9 nitrogen and oxygen atoms in total. The Labute approximate surface area is 216 Å². The normalized spacial score (nSPS) is 19.1. The zero-order valence-electron chi connectivity index (χ0n) is 20.9. The van der Waals surface area contributed by atoms with Gasteiger partial charge in [-0.15, -0.1) is 0 Å². The number of fused-ring (bicyclic) bond motifs is 1. The van der Waals surface area contributed by atoms with Crippen LogP contribution in [0.3, 0.4) is 0 Å². The summed E-state index contributed by atoms with van der Waals surface area (Å²) >= 11 is 0. The molecule has 37 heavy (non-hydrogen) atoms. The van der Waals surface area contributed by atoms with E-state index in [1.807, 2.05) is 21.9 Å². The lowest BCUT2D eigenvalue weighted by atomic mass is 10.0. The first-order valence-corrected chi connectivity index (χ1v) is 13.2. The van der Waals surface area contributed by atoms with Gasteiger partial charge in [0, 0.05) is 62.1 Å². The second kappa shape index (κ2) is 9.95. The lowest BCUT2D eigenvalue weighted by molar-refractivity contribution is -0.132. The van der Waals surface area contributed by atoms with E-state index in [0.717, 1.165) is 50.9 Å². The van der Waals surface area contributed by atoms with Gasteiger partial charge < -0.3 is 29.5 Å². The van der Waals surface area contributed by atoms with Crippen molar-refractivity contribution in [3.8, 4) is 11.5 Å². The van der Waals surface area contributed by atoms with Gasteiger partial charge in [-0.3, -0.25) is 14.4 Å². The van der Waals surface area contributed by atoms with Crippen LogP contribution in [0.4, 0.5) is 11.4 Å². The number of amides is 3. The average molecular weight is 505 g/mol. The average Bonchev–Trinajstić information content (AvgIpc) is 3.69. The molecule has 3 heterocycles. The molecule has 1 aliphatic carbocycles. The predicted molar refractivity (Wildman–Crippen MR) is 138 cm³/mol. The van der Waals surface area contributed by atoms with Crippen molar-refractivity contribution >= 4 is 29.1 Å². The van der Waals surface area contributed by atoms with E-state index in [9.17, 15) is 14.4 Å². The van der Waals surface area contributed by atoms with Crippen LogP contribution in [0.5, 0.6) is 11.5 Å². The summed E-state index contributed by atoms with van der Waals surface area (Å²) < 4.78 is 10.7. The lowest BCUT2D eigenvalue weighted by Crippen LogP contribution is -2.49. The van der Waals surface area contributed by atoms with E-state index < -0.39 is 0 Å². The Morgan fingerprint density at radius 2 is 1.54 bits per heavy atom. The summed E-state index contributed by atoms with van der Waals surface area (Å²) in [6.07, 6.45) is 5.16. The number of piperidine rings is 1. The number of piperazine rings is 1. The highest BCUT2D eigenvalue weighted by molar-refractivity contribution is 6.06. The monoisotopic (exact) mass is 504 g/mol. The Bertz CT molecular complexity index is 1210. The molecule has 0 bridgehead atoms. The van der Waals surface area contributed by atoms with Crippen LogP contribution in [0.25, 0.3) is 0 Å². The number of carbonyl (C=O) groups excluding carboxylic acids is 3. The summed E-state index contributed by atoms with van der Waals surface area (Å²) in [6, 6.07) is 10.6. The van der Waals surface area contributed by atoms with Gasteiger partial charge in [-0.25, -0.2) is 0 Å². The molecule has 194 valence electrons. The number of benzene rings is 2. The molecule has 0 aromatic heterocycles. The molecule has 9 heteroatoms. The van der Waals surface area contributed by atoms with Gasteiger partial charge in [0.15, 0.2) is 11.5 Å². The minimum atomic E-state index is -0.283. The molecule has 1 saturated carbocycles. The number of carbonyl (C=O) groups is 3. The van der Waals surface area contributed by atoms with Crippen LogP contribution >= 0.6 is 0 Å². The fourth-order valence-corrected chi connectivity index (χ4v) is 5.33. The molecule has 3 aliphatic heterocycles. The Balaban J connectivity index is 1.22. The van der Waals surface area contributed by atoms with Crippen LogP contribution in [-0.2, 0) is 4.79 Å². The Kier molecular flexibility index (Phi) is 6.36. The molecule has 0 spiro atoms. The van der Waals surface area contributed by atoms with Crippen molar-refractivity contribution in [2.75, 3.05) is 56.3 Å². The van der Waals surface area contributed by atoms with Crippen molar-refractivity contribution in [3.05, 3.63) is 47.5 Å². The molecular weight excluding hydrogens is 472 g/mol. The van der Waals surface area contributed by atoms with Crippen LogP contribution in [0.15, 0.2) is 36.4 Å². The van der Waals surface area contributed by atoms with Crippen LogP contribution in [0, 0.1) is 5.92 Å². The summed E-state index contributed by atoms with van der Waals surface area (Å²) in [5.74, 6) is 1.36. The number of anilines is 2. The molecule has 2 aromatic rings. The zero-order valence-corrected chi connectivity index (χ0v) is 20.9. The first-order valence-electron chi connectivity index (χ1n) is 13.2. The molecular formula is C28H32N4O5. The van der Waals surface area contributed by atoms with Crippen LogP contribution in [0.2, 0.25) is 0 Å². The topological polar surface area (TPSA) is 91.4 Å². The third-order valence-corrected chi connectivity index (χ3v) is 7.62. The molecule has 1 N–H and O–H groups in total. The highest BCUT2D eigenvalue weighted by Gasteiger charge is 2.35. The Morgan fingerprint density at radius 3 is 2.30 bits per heavy atom. The number of rotatable bonds is 5. The number of hydrogen-bond donors (Lipinski definition) is 1. The van der Waals surface area contributed by atoms with Gasteiger partial charge >= 0.3 is 0 Å². The zero-order chi connectivity index (χ0) is 25.4. The van der Waals surface area contributed by atoms with E-state index in [-0.39, 0.29) is 30.4 Å². The molecule has 6 rings (SSSR count). The van der Waals surface area contributed by atoms with E-state index in [0.29, 0.717) is 54.5 Å². The smallest absolute Gasteiger partial charge is 0.256 e. The summed E-state index contributed by atoms with van der Waals surface area (Å²) in [7, 11) is 0. The maximum absolute atomic E-state index is 13.7. The minimum Gasteiger partial charge on any atom is -0.454 e. The Morgan fingerprint density at radius 1 is 0.784 bits per heavy atom. The maximum atomic E-state index is 13.7. The SMILES string of the molecule is O=C(Nc1ccc(N2CCN(C(=O)C3CC3)CC2)c(C(=O)N2CCCCC2)c1)c1ccc2c(c1)OCO2. The highest BCUT2D eigenvalue weighted by atomic mass is 16.7. The number of nitrogens with zero attached hydrogens (tertiary/aromatic N) is 3. The molecule has 2 aromatic carbocycles. The van der Waals surface area contributed by atoms with Crippen molar-refractivity contribution < 1.29 is 23.9 Å². The van der Waals surface area contributed by atoms with Crippen molar-refractivity contribution in [2.45, 2.75) is 32.1 Å². The van der Waals surface area contributed by atoms with Crippen molar-refractivity contribution in [1.82, 2.24) is 9.80 Å². The molecule has 0 unspecified atom stereocenters. The van der Waals surface area contributed by atoms with Gasteiger partial charge in [0.05, 0.1) is 5.56 Å². The van der Waals surface area contributed by atoms with E-state index in [1.165, 1.54) is 0 Å². The number of likely N-dealkylation sites (tertiary alicyclic amines) is 1. The van der Waals surface area contributed by atoms with Crippen LogP contribution in [-0.4, -0.2) is 73.6 Å². The summed E-state index contributed by atoms with van der Waals surface area (Å²) in [4.78, 5) is 45.2.